The van der Waals surface area contributed by atoms with E-state index < -0.39 is 6.10 Å². The van der Waals surface area contributed by atoms with Crippen LogP contribution in [0.25, 0.3) is 0 Å². The minimum Gasteiger partial charge on any atom is -0.385 e. The highest BCUT2D eigenvalue weighted by Gasteiger charge is 2.25. The number of aromatic nitrogens is 2. The molecule has 0 bridgehead atoms. The smallest absolute Gasteiger partial charge is 0.137 e. The Balaban J connectivity index is 2.69. The molecule has 1 aromatic heterocycles. The number of aliphatic hydroxyl groups is 1. The maximum atomic E-state index is 10.3. The van der Waals surface area contributed by atoms with Crippen LogP contribution in [0.2, 0.25) is 0 Å². The largest absolute Gasteiger partial charge is 0.385 e. The Bertz CT molecular complexity index is 338. The zero-order valence-corrected chi connectivity index (χ0v) is 11.8. The molecule has 0 spiro atoms. The van der Waals surface area contributed by atoms with Gasteiger partial charge >= 0.3 is 0 Å². The van der Waals surface area contributed by atoms with Gasteiger partial charge in [-0.15, -0.1) is 0 Å². The first-order valence-electron chi connectivity index (χ1n) is 6.55. The number of aliphatic hydroxyl groups excluding tert-OH is 1. The number of nitrogens with zero attached hydrogens (tertiary/aromatic N) is 2. The molecule has 0 aliphatic rings. The molecule has 1 heterocycles. The molecule has 1 aromatic rings. The lowest BCUT2D eigenvalue weighted by Crippen LogP contribution is -2.21. The summed E-state index contributed by atoms with van der Waals surface area (Å²) in [5, 5.41) is 10.3. The van der Waals surface area contributed by atoms with E-state index in [-0.39, 0.29) is 5.41 Å². The van der Waals surface area contributed by atoms with Gasteiger partial charge in [-0.1, -0.05) is 34.6 Å². The van der Waals surface area contributed by atoms with Gasteiger partial charge in [-0.05, 0) is 24.2 Å². The normalized spacial score (nSPS) is 15.9. The molecule has 3 nitrogen and oxygen atoms in total. The number of imidazole rings is 1. The van der Waals surface area contributed by atoms with Crippen LogP contribution in [0.4, 0.5) is 0 Å². The van der Waals surface area contributed by atoms with E-state index in [1.165, 1.54) is 0 Å². The van der Waals surface area contributed by atoms with Gasteiger partial charge in [0.2, 0.25) is 0 Å². The summed E-state index contributed by atoms with van der Waals surface area (Å²) in [6.45, 7) is 11.9. The standard InChI is InChI=1S/C14H26N2O/c1-6-8-16-9-7-15-13(16)12(17)10-11(2)14(3,4)5/h7,9,11-12,17H,6,8,10H2,1-5H3. The molecule has 2 atom stereocenters. The quantitative estimate of drug-likeness (QED) is 0.853. The van der Waals surface area contributed by atoms with Crippen LogP contribution in [0, 0.1) is 11.3 Å². The summed E-state index contributed by atoms with van der Waals surface area (Å²) in [5.41, 5.74) is 0.225. The second-order valence-electron chi connectivity index (χ2n) is 6.00. The Hall–Kier alpha value is -0.830. The Kier molecular flexibility index (Phi) is 4.75. The van der Waals surface area contributed by atoms with Gasteiger partial charge in [0.05, 0.1) is 0 Å². The maximum Gasteiger partial charge on any atom is 0.137 e. The Morgan fingerprint density at radius 1 is 1.41 bits per heavy atom. The lowest BCUT2D eigenvalue weighted by molar-refractivity contribution is 0.101. The summed E-state index contributed by atoms with van der Waals surface area (Å²) in [5.74, 6) is 1.27. The van der Waals surface area contributed by atoms with Crippen LogP contribution in [0.15, 0.2) is 12.4 Å². The summed E-state index contributed by atoms with van der Waals surface area (Å²) in [6, 6.07) is 0. The fraction of sp³-hybridized carbons (Fsp3) is 0.786. The molecule has 0 saturated heterocycles. The molecule has 98 valence electrons. The number of hydrogen-bond acceptors (Lipinski definition) is 2. The van der Waals surface area contributed by atoms with E-state index in [4.69, 9.17) is 0 Å². The molecule has 1 N–H and O–H groups in total. The number of hydrogen-bond donors (Lipinski definition) is 1. The summed E-state index contributed by atoms with van der Waals surface area (Å²) in [6.07, 6.45) is 5.10. The van der Waals surface area contributed by atoms with E-state index in [1.54, 1.807) is 6.20 Å². The van der Waals surface area contributed by atoms with Gasteiger partial charge in [-0.3, -0.25) is 0 Å². The van der Waals surface area contributed by atoms with Gasteiger partial charge in [0.25, 0.3) is 0 Å². The van der Waals surface area contributed by atoms with Crippen molar-refractivity contribution in [3.63, 3.8) is 0 Å². The van der Waals surface area contributed by atoms with Crippen LogP contribution < -0.4 is 0 Å². The molecule has 0 aliphatic carbocycles. The average molecular weight is 238 g/mol. The van der Waals surface area contributed by atoms with Gasteiger partial charge < -0.3 is 9.67 Å². The monoisotopic (exact) mass is 238 g/mol. The summed E-state index contributed by atoms with van der Waals surface area (Å²) < 4.78 is 2.06. The van der Waals surface area contributed by atoms with Crippen LogP contribution in [0.3, 0.4) is 0 Å². The molecule has 0 fully saturated rings. The molecule has 0 aromatic carbocycles. The van der Waals surface area contributed by atoms with Crippen LogP contribution >= 0.6 is 0 Å². The van der Waals surface area contributed by atoms with E-state index in [0.29, 0.717) is 5.92 Å². The summed E-state index contributed by atoms with van der Waals surface area (Å²) >= 11 is 0. The molecule has 17 heavy (non-hydrogen) atoms. The van der Waals surface area contributed by atoms with Crippen molar-refractivity contribution in [3.05, 3.63) is 18.2 Å². The minimum atomic E-state index is -0.453. The van der Waals surface area contributed by atoms with Crippen molar-refractivity contribution >= 4 is 0 Å². The Morgan fingerprint density at radius 2 is 2.06 bits per heavy atom. The molecule has 0 saturated carbocycles. The van der Waals surface area contributed by atoms with Crippen molar-refractivity contribution in [2.75, 3.05) is 0 Å². The van der Waals surface area contributed by atoms with Gasteiger partial charge in [0.15, 0.2) is 0 Å². The van der Waals surface area contributed by atoms with Crippen molar-refractivity contribution in [3.8, 4) is 0 Å². The zero-order chi connectivity index (χ0) is 13.1. The van der Waals surface area contributed by atoms with Crippen LogP contribution in [0.1, 0.15) is 59.4 Å². The van der Waals surface area contributed by atoms with Crippen molar-refractivity contribution in [1.29, 1.82) is 0 Å². The van der Waals surface area contributed by atoms with Crippen molar-refractivity contribution in [2.24, 2.45) is 11.3 Å². The lowest BCUT2D eigenvalue weighted by atomic mass is 9.79. The summed E-state index contributed by atoms with van der Waals surface area (Å²) in [7, 11) is 0. The topological polar surface area (TPSA) is 38.0 Å². The SMILES string of the molecule is CCCn1ccnc1C(O)CC(C)C(C)(C)C. The number of aryl methyl sites for hydroxylation is 1. The highest BCUT2D eigenvalue weighted by molar-refractivity contribution is 4.97. The fourth-order valence-electron chi connectivity index (χ4n) is 1.84. The zero-order valence-electron chi connectivity index (χ0n) is 11.8. The van der Waals surface area contributed by atoms with Gasteiger partial charge in [0.1, 0.15) is 11.9 Å². The van der Waals surface area contributed by atoms with E-state index in [0.717, 1.165) is 25.2 Å². The molecule has 2 unspecified atom stereocenters. The third-order valence-electron chi connectivity index (χ3n) is 3.57. The first-order valence-corrected chi connectivity index (χ1v) is 6.55. The van der Waals surface area contributed by atoms with E-state index in [9.17, 15) is 5.11 Å². The first kappa shape index (κ1) is 14.2. The Labute approximate surface area is 105 Å². The first-order chi connectivity index (χ1) is 7.86. The molecule has 0 amide bonds. The average Bonchev–Trinajstić information content (AvgIpc) is 2.65. The predicted octanol–water partition coefficient (Wildman–Crippen LogP) is 3.40. The molecular formula is C14H26N2O. The molecule has 3 heteroatoms. The highest BCUT2D eigenvalue weighted by Crippen LogP contribution is 2.32. The fourth-order valence-corrected chi connectivity index (χ4v) is 1.84. The lowest BCUT2D eigenvalue weighted by Gasteiger charge is -2.29. The van der Waals surface area contributed by atoms with Crippen molar-refractivity contribution in [1.82, 2.24) is 9.55 Å². The van der Waals surface area contributed by atoms with E-state index in [2.05, 4.69) is 44.2 Å². The van der Waals surface area contributed by atoms with Gasteiger partial charge in [-0.25, -0.2) is 4.98 Å². The second kappa shape index (κ2) is 5.67. The van der Waals surface area contributed by atoms with Crippen LogP contribution in [-0.2, 0) is 6.54 Å². The van der Waals surface area contributed by atoms with Gasteiger partial charge in [-0.2, -0.15) is 0 Å². The van der Waals surface area contributed by atoms with E-state index in [1.807, 2.05) is 6.20 Å². The summed E-state index contributed by atoms with van der Waals surface area (Å²) in [4.78, 5) is 4.28. The Morgan fingerprint density at radius 3 is 2.59 bits per heavy atom. The molecule has 1 rings (SSSR count). The minimum absolute atomic E-state index is 0.225. The van der Waals surface area contributed by atoms with Crippen LogP contribution in [-0.4, -0.2) is 14.7 Å². The third-order valence-corrected chi connectivity index (χ3v) is 3.57. The molecule has 0 radical (unpaired) electrons. The van der Waals surface area contributed by atoms with Gasteiger partial charge in [0, 0.05) is 18.9 Å². The molecule has 0 aliphatic heterocycles. The van der Waals surface area contributed by atoms with Crippen molar-refractivity contribution in [2.45, 2.75) is 60.1 Å². The molecular weight excluding hydrogens is 212 g/mol. The second-order valence-corrected chi connectivity index (χ2v) is 6.00. The third kappa shape index (κ3) is 3.84. The maximum absolute atomic E-state index is 10.3. The van der Waals surface area contributed by atoms with E-state index >= 15 is 0 Å². The van der Waals surface area contributed by atoms with Crippen molar-refractivity contribution < 1.29 is 5.11 Å². The van der Waals surface area contributed by atoms with Crippen LogP contribution in [0.5, 0.6) is 0 Å². The highest BCUT2D eigenvalue weighted by atomic mass is 16.3. The number of rotatable bonds is 5. The predicted molar refractivity (Wildman–Crippen MR) is 70.7 cm³/mol.